The van der Waals surface area contributed by atoms with E-state index in [4.69, 9.17) is 0 Å². The number of hydrogen-bond donors (Lipinski definition) is 2. The van der Waals surface area contributed by atoms with Crippen LogP contribution >= 0.6 is 15.9 Å². The second-order valence-electron chi connectivity index (χ2n) is 4.69. The molecule has 0 aliphatic carbocycles. The summed E-state index contributed by atoms with van der Waals surface area (Å²) in [6.07, 6.45) is 0. The number of anilines is 2. The smallest absolute Gasteiger partial charge is 0.257 e. The maximum Gasteiger partial charge on any atom is 0.257 e. The number of para-hydroxylation sites is 1. The second kappa shape index (κ2) is 6.09. The van der Waals surface area contributed by atoms with Crippen molar-refractivity contribution in [2.24, 2.45) is 0 Å². The highest BCUT2D eigenvalue weighted by Gasteiger charge is 2.13. The van der Waals surface area contributed by atoms with Gasteiger partial charge in [0.15, 0.2) is 0 Å². The van der Waals surface area contributed by atoms with Gasteiger partial charge < -0.3 is 10.6 Å². The largest absolute Gasteiger partial charge is 0.387 e. The van der Waals surface area contributed by atoms with Crippen molar-refractivity contribution in [2.75, 3.05) is 17.7 Å². The summed E-state index contributed by atoms with van der Waals surface area (Å²) < 4.78 is 0.894. The van der Waals surface area contributed by atoms with Crippen LogP contribution in [-0.2, 0) is 0 Å². The fraction of sp³-hybridized carbons (Fsp3) is 0.188. The molecular weight excluding hydrogens is 316 g/mol. The molecule has 0 aliphatic heterocycles. The van der Waals surface area contributed by atoms with Gasteiger partial charge in [-0.05, 0) is 59.1 Å². The normalized spacial score (nSPS) is 10.2. The van der Waals surface area contributed by atoms with E-state index in [9.17, 15) is 4.79 Å². The van der Waals surface area contributed by atoms with Gasteiger partial charge in [-0.15, -0.1) is 0 Å². The summed E-state index contributed by atoms with van der Waals surface area (Å²) in [7, 11) is 1.80. The number of carbonyl (C=O) groups excluding carboxylic acids is 1. The van der Waals surface area contributed by atoms with Crippen LogP contribution in [0.5, 0.6) is 0 Å². The molecule has 0 aromatic heterocycles. The maximum atomic E-state index is 12.4. The average Bonchev–Trinajstić information content (AvgIpc) is 2.42. The Kier molecular flexibility index (Phi) is 4.45. The van der Waals surface area contributed by atoms with Crippen LogP contribution in [0.2, 0.25) is 0 Å². The first-order valence-electron chi connectivity index (χ1n) is 6.38. The average molecular weight is 333 g/mol. The van der Waals surface area contributed by atoms with Crippen molar-refractivity contribution in [3.05, 3.63) is 57.6 Å². The third-order valence-electron chi connectivity index (χ3n) is 3.11. The Balaban J connectivity index is 2.33. The number of benzene rings is 2. The summed E-state index contributed by atoms with van der Waals surface area (Å²) in [5.74, 6) is -0.123. The van der Waals surface area contributed by atoms with Gasteiger partial charge in [-0.25, -0.2) is 0 Å². The van der Waals surface area contributed by atoms with Gasteiger partial charge in [0.2, 0.25) is 0 Å². The van der Waals surface area contributed by atoms with Crippen molar-refractivity contribution in [3.63, 3.8) is 0 Å². The van der Waals surface area contributed by atoms with Crippen molar-refractivity contribution in [3.8, 4) is 0 Å². The van der Waals surface area contributed by atoms with Crippen molar-refractivity contribution < 1.29 is 4.79 Å². The van der Waals surface area contributed by atoms with Gasteiger partial charge >= 0.3 is 0 Å². The molecule has 2 aromatic rings. The Morgan fingerprint density at radius 1 is 1.15 bits per heavy atom. The summed E-state index contributed by atoms with van der Waals surface area (Å²) in [5, 5.41) is 6.00. The van der Waals surface area contributed by atoms with Gasteiger partial charge in [0.05, 0.1) is 11.3 Å². The summed E-state index contributed by atoms with van der Waals surface area (Å²) in [6.45, 7) is 4.01. The lowest BCUT2D eigenvalue weighted by Gasteiger charge is -2.13. The molecule has 0 saturated heterocycles. The Bertz CT molecular complexity index is 630. The first-order valence-corrected chi connectivity index (χ1v) is 7.17. The lowest BCUT2D eigenvalue weighted by Crippen LogP contribution is -2.15. The number of halogens is 1. The molecule has 2 aromatic carbocycles. The fourth-order valence-electron chi connectivity index (χ4n) is 2.15. The Morgan fingerprint density at radius 2 is 1.85 bits per heavy atom. The van der Waals surface area contributed by atoms with E-state index < -0.39 is 0 Å². The zero-order valence-electron chi connectivity index (χ0n) is 11.8. The molecule has 0 heterocycles. The minimum atomic E-state index is -0.123. The molecular formula is C16H17BrN2O. The van der Waals surface area contributed by atoms with E-state index in [1.165, 1.54) is 0 Å². The lowest BCUT2D eigenvalue weighted by atomic mass is 10.1. The minimum Gasteiger partial charge on any atom is -0.387 e. The molecule has 0 bridgehead atoms. The summed E-state index contributed by atoms with van der Waals surface area (Å²) in [4.78, 5) is 12.4. The molecule has 4 heteroatoms. The van der Waals surface area contributed by atoms with Gasteiger partial charge in [0.1, 0.15) is 0 Å². The van der Waals surface area contributed by atoms with Crippen LogP contribution in [0.25, 0.3) is 0 Å². The lowest BCUT2D eigenvalue weighted by molar-refractivity contribution is 0.102. The number of aryl methyl sites for hydroxylation is 2. The van der Waals surface area contributed by atoms with Crippen LogP contribution in [0, 0.1) is 13.8 Å². The molecule has 0 saturated carbocycles. The van der Waals surface area contributed by atoms with Crippen LogP contribution in [0.4, 0.5) is 11.4 Å². The van der Waals surface area contributed by atoms with Crippen LogP contribution in [-0.4, -0.2) is 13.0 Å². The molecule has 2 N–H and O–H groups in total. The SMILES string of the molecule is CNc1ccccc1C(=O)Nc1c(C)cc(C)cc1Br. The molecule has 0 spiro atoms. The van der Waals surface area contributed by atoms with E-state index in [1.807, 2.05) is 44.2 Å². The number of nitrogens with one attached hydrogen (secondary N) is 2. The summed E-state index contributed by atoms with van der Waals surface area (Å²) in [6, 6.07) is 11.5. The fourth-order valence-corrected chi connectivity index (χ4v) is 2.93. The highest BCUT2D eigenvalue weighted by Crippen LogP contribution is 2.28. The highest BCUT2D eigenvalue weighted by molar-refractivity contribution is 9.10. The Labute approximate surface area is 127 Å². The van der Waals surface area contributed by atoms with Gasteiger partial charge in [-0.1, -0.05) is 18.2 Å². The van der Waals surface area contributed by atoms with Crippen LogP contribution < -0.4 is 10.6 Å². The Morgan fingerprint density at radius 3 is 2.50 bits per heavy atom. The monoisotopic (exact) mass is 332 g/mol. The van der Waals surface area contributed by atoms with Gasteiger partial charge in [-0.2, -0.15) is 0 Å². The molecule has 2 rings (SSSR count). The summed E-state index contributed by atoms with van der Waals surface area (Å²) >= 11 is 3.50. The molecule has 0 radical (unpaired) electrons. The number of amides is 1. The molecule has 0 aliphatic rings. The number of hydrogen-bond acceptors (Lipinski definition) is 2. The van der Waals surface area contributed by atoms with Crippen molar-refractivity contribution in [2.45, 2.75) is 13.8 Å². The maximum absolute atomic E-state index is 12.4. The molecule has 0 unspecified atom stereocenters. The van der Waals surface area contributed by atoms with Gasteiger partial charge in [0, 0.05) is 17.2 Å². The van der Waals surface area contributed by atoms with E-state index in [0.717, 1.165) is 27.0 Å². The van der Waals surface area contributed by atoms with E-state index in [2.05, 4.69) is 26.6 Å². The van der Waals surface area contributed by atoms with Gasteiger partial charge in [-0.3, -0.25) is 4.79 Å². The number of carbonyl (C=O) groups is 1. The van der Waals surface area contributed by atoms with E-state index in [0.29, 0.717) is 5.56 Å². The third-order valence-corrected chi connectivity index (χ3v) is 3.74. The Hall–Kier alpha value is -1.81. The quantitative estimate of drug-likeness (QED) is 0.876. The second-order valence-corrected chi connectivity index (χ2v) is 5.54. The van der Waals surface area contributed by atoms with E-state index in [-0.39, 0.29) is 5.91 Å². The van der Waals surface area contributed by atoms with E-state index >= 15 is 0 Å². The topological polar surface area (TPSA) is 41.1 Å². The molecule has 0 fully saturated rings. The number of rotatable bonds is 3. The predicted molar refractivity (Wildman–Crippen MR) is 87.6 cm³/mol. The molecule has 1 amide bonds. The van der Waals surface area contributed by atoms with Crippen molar-refractivity contribution >= 4 is 33.2 Å². The first kappa shape index (κ1) is 14.6. The zero-order chi connectivity index (χ0) is 14.7. The highest BCUT2D eigenvalue weighted by atomic mass is 79.9. The van der Waals surface area contributed by atoms with Crippen molar-refractivity contribution in [1.82, 2.24) is 0 Å². The minimum absolute atomic E-state index is 0.123. The summed E-state index contributed by atoms with van der Waals surface area (Å²) in [5.41, 5.74) is 4.44. The molecule has 104 valence electrons. The predicted octanol–water partition coefficient (Wildman–Crippen LogP) is 4.36. The van der Waals surface area contributed by atoms with E-state index in [1.54, 1.807) is 13.1 Å². The van der Waals surface area contributed by atoms with Crippen molar-refractivity contribution in [1.29, 1.82) is 0 Å². The standard InChI is InChI=1S/C16H17BrN2O/c1-10-8-11(2)15(13(17)9-10)19-16(20)12-6-4-5-7-14(12)18-3/h4-9,18H,1-3H3,(H,19,20). The van der Waals surface area contributed by atoms with Crippen LogP contribution in [0.15, 0.2) is 40.9 Å². The zero-order valence-corrected chi connectivity index (χ0v) is 13.3. The third kappa shape index (κ3) is 3.02. The first-order chi connectivity index (χ1) is 9.52. The molecule has 3 nitrogen and oxygen atoms in total. The van der Waals surface area contributed by atoms with Crippen LogP contribution in [0.1, 0.15) is 21.5 Å². The molecule has 0 atom stereocenters. The van der Waals surface area contributed by atoms with Gasteiger partial charge in [0.25, 0.3) is 5.91 Å². The molecule has 20 heavy (non-hydrogen) atoms. The van der Waals surface area contributed by atoms with Crippen LogP contribution in [0.3, 0.4) is 0 Å².